The summed E-state index contributed by atoms with van der Waals surface area (Å²) >= 11 is 1.77. The quantitative estimate of drug-likeness (QED) is 0.892. The first-order valence-corrected chi connectivity index (χ1v) is 8.89. The van der Waals surface area contributed by atoms with Crippen LogP contribution < -0.4 is 5.32 Å². The van der Waals surface area contributed by atoms with Crippen LogP contribution in [0.15, 0.2) is 6.33 Å². The van der Waals surface area contributed by atoms with Crippen LogP contribution in [0.5, 0.6) is 0 Å². The SMILES string of the molecule is CC(C)(C)C1CCc2c(sc3ncnc(NCCC(=O)O)c23)C1. The van der Waals surface area contributed by atoms with Gasteiger partial charge in [-0.2, -0.15) is 0 Å². The standard InChI is InChI=1S/C17H23N3O2S/c1-17(2,3)10-4-5-11-12(8-10)23-16-14(11)15(19-9-20-16)18-7-6-13(21)22/h9-10H,4-8H2,1-3H3,(H,21,22)(H,18,19,20). The van der Waals surface area contributed by atoms with E-state index < -0.39 is 5.97 Å². The van der Waals surface area contributed by atoms with Crippen molar-refractivity contribution in [2.45, 2.75) is 46.5 Å². The van der Waals surface area contributed by atoms with E-state index in [1.807, 2.05) is 0 Å². The molecule has 2 aromatic heterocycles. The molecule has 2 heterocycles. The monoisotopic (exact) mass is 333 g/mol. The maximum absolute atomic E-state index is 10.7. The van der Waals surface area contributed by atoms with Crippen LogP contribution in [0.3, 0.4) is 0 Å². The molecule has 6 heteroatoms. The van der Waals surface area contributed by atoms with E-state index >= 15 is 0 Å². The van der Waals surface area contributed by atoms with Crippen molar-refractivity contribution >= 4 is 33.3 Å². The van der Waals surface area contributed by atoms with Crippen molar-refractivity contribution in [3.05, 3.63) is 16.8 Å². The molecule has 0 radical (unpaired) electrons. The highest BCUT2D eigenvalue weighted by atomic mass is 32.1. The van der Waals surface area contributed by atoms with Gasteiger partial charge in [-0.3, -0.25) is 4.79 Å². The smallest absolute Gasteiger partial charge is 0.305 e. The zero-order valence-corrected chi connectivity index (χ0v) is 14.7. The van der Waals surface area contributed by atoms with Gasteiger partial charge in [-0.15, -0.1) is 11.3 Å². The Balaban J connectivity index is 1.91. The van der Waals surface area contributed by atoms with Crippen LogP contribution in [0.1, 0.15) is 44.1 Å². The first kappa shape index (κ1) is 16.2. The lowest BCUT2D eigenvalue weighted by atomic mass is 9.72. The highest BCUT2D eigenvalue weighted by Crippen LogP contribution is 2.44. The number of carbonyl (C=O) groups is 1. The summed E-state index contributed by atoms with van der Waals surface area (Å²) in [5.41, 5.74) is 1.69. The number of hydrogen-bond donors (Lipinski definition) is 2. The van der Waals surface area contributed by atoms with Crippen LogP contribution in [0.4, 0.5) is 5.82 Å². The Labute approximate surface area is 140 Å². The van der Waals surface area contributed by atoms with Gasteiger partial charge in [0.25, 0.3) is 0 Å². The molecule has 23 heavy (non-hydrogen) atoms. The normalized spacial score (nSPS) is 18.0. The molecule has 0 spiro atoms. The van der Waals surface area contributed by atoms with Gasteiger partial charge in [0.15, 0.2) is 0 Å². The van der Waals surface area contributed by atoms with E-state index in [-0.39, 0.29) is 6.42 Å². The van der Waals surface area contributed by atoms with Crippen LogP contribution in [-0.4, -0.2) is 27.6 Å². The number of thiophene rings is 1. The molecule has 0 fully saturated rings. The van der Waals surface area contributed by atoms with Crippen LogP contribution in [0, 0.1) is 11.3 Å². The molecule has 2 aromatic rings. The number of nitrogens with zero attached hydrogens (tertiary/aromatic N) is 2. The summed E-state index contributed by atoms with van der Waals surface area (Å²) in [6.45, 7) is 7.33. The summed E-state index contributed by atoms with van der Waals surface area (Å²) in [6, 6.07) is 0. The Morgan fingerprint density at radius 3 is 2.91 bits per heavy atom. The highest BCUT2D eigenvalue weighted by Gasteiger charge is 2.31. The van der Waals surface area contributed by atoms with Crippen molar-refractivity contribution in [3.63, 3.8) is 0 Å². The maximum atomic E-state index is 10.7. The van der Waals surface area contributed by atoms with Gasteiger partial charge in [0.2, 0.25) is 0 Å². The van der Waals surface area contributed by atoms with Gasteiger partial charge in [0.1, 0.15) is 17.0 Å². The fourth-order valence-electron chi connectivity index (χ4n) is 3.27. The average Bonchev–Trinajstić information content (AvgIpc) is 2.84. The van der Waals surface area contributed by atoms with E-state index in [1.165, 1.54) is 16.9 Å². The Morgan fingerprint density at radius 1 is 1.43 bits per heavy atom. The predicted octanol–water partition coefficient (Wildman–Crippen LogP) is 3.73. The first-order chi connectivity index (χ1) is 10.9. The fraction of sp³-hybridized carbons (Fsp3) is 0.588. The second kappa shape index (κ2) is 6.07. The zero-order valence-electron chi connectivity index (χ0n) is 13.8. The van der Waals surface area contributed by atoms with Gasteiger partial charge in [0.05, 0.1) is 11.8 Å². The third kappa shape index (κ3) is 3.32. The molecule has 124 valence electrons. The molecule has 1 unspecified atom stereocenters. The molecular formula is C17H23N3O2S. The van der Waals surface area contributed by atoms with Gasteiger partial charge in [-0.25, -0.2) is 9.97 Å². The lowest BCUT2D eigenvalue weighted by molar-refractivity contribution is -0.136. The summed E-state index contributed by atoms with van der Waals surface area (Å²) in [6.07, 6.45) is 5.00. The highest BCUT2D eigenvalue weighted by molar-refractivity contribution is 7.19. The van der Waals surface area contributed by atoms with Crippen molar-refractivity contribution in [1.29, 1.82) is 0 Å². The predicted molar refractivity (Wildman–Crippen MR) is 93.1 cm³/mol. The van der Waals surface area contributed by atoms with Crippen molar-refractivity contribution < 1.29 is 9.90 Å². The second-order valence-electron chi connectivity index (χ2n) is 7.28. The van der Waals surface area contributed by atoms with E-state index in [1.54, 1.807) is 17.7 Å². The number of rotatable bonds is 4. The summed E-state index contributed by atoms with van der Waals surface area (Å²) in [4.78, 5) is 21.9. The zero-order chi connectivity index (χ0) is 16.6. The number of carboxylic acid groups (broad SMARTS) is 1. The van der Waals surface area contributed by atoms with Gasteiger partial charge < -0.3 is 10.4 Å². The van der Waals surface area contributed by atoms with E-state index in [4.69, 9.17) is 5.11 Å². The Bertz CT molecular complexity index is 733. The van der Waals surface area contributed by atoms with Crippen LogP contribution >= 0.6 is 11.3 Å². The number of anilines is 1. The lowest BCUT2D eigenvalue weighted by Gasteiger charge is -2.33. The molecule has 5 nitrogen and oxygen atoms in total. The Kier molecular flexibility index (Phi) is 4.27. The van der Waals surface area contributed by atoms with E-state index in [0.29, 0.717) is 17.9 Å². The fourth-order valence-corrected chi connectivity index (χ4v) is 4.54. The number of aliphatic carboxylic acids is 1. The molecule has 0 saturated carbocycles. The largest absolute Gasteiger partial charge is 0.481 e. The van der Waals surface area contributed by atoms with Crippen LogP contribution in [-0.2, 0) is 17.6 Å². The second-order valence-corrected chi connectivity index (χ2v) is 8.37. The molecular weight excluding hydrogens is 310 g/mol. The maximum Gasteiger partial charge on any atom is 0.305 e. The van der Waals surface area contributed by atoms with Gasteiger partial charge >= 0.3 is 5.97 Å². The van der Waals surface area contributed by atoms with E-state index in [2.05, 4.69) is 36.1 Å². The molecule has 0 aliphatic heterocycles. The minimum atomic E-state index is -0.803. The molecule has 3 rings (SSSR count). The summed E-state index contributed by atoms with van der Waals surface area (Å²) in [7, 11) is 0. The summed E-state index contributed by atoms with van der Waals surface area (Å²) in [5.74, 6) is 0.672. The summed E-state index contributed by atoms with van der Waals surface area (Å²) in [5, 5.41) is 13.1. The molecule has 0 amide bonds. The first-order valence-electron chi connectivity index (χ1n) is 8.07. The average molecular weight is 333 g/mol. The third-order valence-corrected chi connectivity index (χ3v) is 5.86. The number of carboxylic acids is 1. The van der Waals surface area contributed by atoms with E-state index in [9.17, 15) is 4.79 Å². The summed E-state index contributed by atoms with van der Waals surface area (Å²) < 4.78 is 0. The number of hydrogen-bond acceptors (Lipinski definition) is 5. The van der Waals surface area contributed by atoms with Gasteiger partial charge in [-0.1, -0.05) is 20.8 Å². The van der Waals surface area contributed by atoms with Crippen molar-refractivity contribution in [2.75, 3.05) is 11.9 Å². The molecule has 1 aliphatic rings. The van der Waals surface area contributed by atoms with Gasteiger partial charge in [-0.05, 0) is 36.2 Å². The third-order valence-electron chi connectivity index (χ3n) is 4.70. The number of aromatic nitrogens is 2. The minimum Gasteiger partial charge on any atom is -0.481 e. The van der Waals surface area contributed by atoms with Crippen molar-refractivity contribution in [1.82, 2.24) is 9.97 Å². The van der Waals surface area contributed by atoms with E-state index in [0.717, 1.165) is 28.9 Å². The molecule has 2 N–H and O–H groups in total. The van der Waals surface area contributed by atoms with Crippen molar-refractivity contribution in [2.24, 2.45) is 11.3 Å². The lowest BCUT2D eigenvalue weighted by Crippen LogP contribution is -2.26. The Hall–Kier alpha value is -1.69. The minimum absolute atomic E-state index is 0.0872. The van der Waals surface area contributed by atoms with Crippen LogP contribution in [0.2, 0.25) is 0 Å². The topological polar surface area (TPSA) is 75.1 Å². The number of nitrogens with one attached hydrogen (secondary N) is 1. The van der Waals surface area contributed by atoms with Crippen LogP contribution in [0.25, 0.3) is 10.2 Å². The molecule has 0 aromatic carbocycles. The Morgan fingerprint density at radius 2 is 2.22 bits per heavy atom. The molecule has 1 atom stereocenters. The molecule has 0 saturated heterocycles. The number of aryl methyl sites for hydroxylation is 1. The van der Waals surface area contributed by atoms with Gasteiger partial charge in [0, 0.05) is 11.4 Å². The molecule has 1 aliphatic carbocycles. The molecule has 0 bridgehead atoms. The van der Waals surface area contributed by atoms with Crippen molar-refractivity contribution in [3.8, 4) is 0 Å². The number of fused-ring (bicyclic) bond motifs is 3.